The van der Waals surface area contributed by atoms with Crippen LogP contribution in [0, 0.1) is 5.41 Å². The molecule has 0 atom stereocenters. The molecule has 132 valence electrons. The maximum atomic E-state index is 12.6. The highest BCUT2D eigenvalue weighted by atomic mass is 16.5. The van der Waals surface area contributed by atoms with Crippen molar-refractivity contribution in [2.75, 3.05) is 32.8 Å². The smallest absolute Gasteiger partial charge is 0.253 e. The van der Waals surface area contributed by atoms with Crippen LogP contribution in [0.5, 0.6) is 5.75 Å². The van der Waals surface area contributed by atoms with E-state index in [4.69, 9.17) is 4.74 Å². The molecule has 0 aliphatic carbocycles. The van der Waals surface area contributed by atoms with E-state index in [1.54, 1.807) is 12.1 Å². The van der Waals surface area contributed by atoms with Crippen LogP contribution in [0.3, 0.4) is 0 Å². The van der Waals surface area contributed by atoms with Crippen molar-refractivity contribution in [1.82, 2.24) is 9.80 Å². The van der Waals surface area contributed by atoms with Gasteiger partial charge in [0, 0.05) is 37.2 Å². The second kappa shape index (κ2) is 7.69. The zero-order chi connectivity index (χ0) is 17.7. The Balaban J connectivity index is 1.92. The molecule has 24 heavy (non-hydrogen) atoms. The van der Waals surface area contributed by atoms with Gasteiger partial charge in [-0.1, -0.05) is 27.7 Å². The molecule has 5 heteroatoms. The van der Waals surface area contributed by atoms with E-state index in [0.29, 0.717) is 38.3 Å². The lowest BCUT2D eigenvalue weighted by atomic mass is 9.94. The minimum atomic E-state index is -0.375. The van der Waals surface area contributed by atoms with Crippen LogP contribution in [-0.4, -0.2) is 54.4 Å². The molecule has 1 aromatic carbocycles. The van der Waals surface area contributed by atoms with Crippen LogP contribution in [-0.2, 0) is 4.79 Å². The molecule has 1 heterocycles. The SMILES string of the molecule is CCCOc1ccc(C(=O)N2CCN(C(=O)C(C)(C)C)CC2)cc1. The molecule has 1 fully saturated rings. The first kappa shape index (κ1) is 18.3. The first-order chi connectivity index (χ1) is 11.3. The molecule has 5 nitrogen and oxygen atoms in total. The van der Waals surface area contributed by atoms with Gasteiger partial charge in [-0.2, -0.15) is 0 Å². The summed E-state index contributed by atoms with van der Waals surface area (Å²) in [5.74, 6) is 0.945. The molecular weight excluding hydrogens is 304 g/mol. The van der Waals surface area contributed by atoms with Crippen LogP contribution in [0.25, 0.3) is 0 Å². The second-order valence-electron chi connectivity index (χ2n) is 7.21. The number of rotatable bonds is 4. The molecule has 1 aromatic rings. The van der Waals surface area contributed by atoms with Gasteiger partial charge in [0.1, 0.15) is 5.75 Å². The van der Waals surface area contributed by atoms with Crippen molar-refractivity contribution >= 4 is 11.8 Å². The summed E-state index contributed by atoms with van der Waals surface area (Å²) in [6.45, 7) is 10.9. The summed E-state index contributed by atoms with van der Waals surface area (Å²) < 4.78 is 5.54. The predicted octanol–water partition coefficient (Wildman–Crippen LogP) is 2.81. The summed E-state index contributed by atoms with van der Waals surface area (Å²) in [7, 11) is 0. The van der Waals surface area contributed by atoms with Gasteiger partial charge in [-0.05, 0) is 30.7 Å². The Morgan fingerprint density at radius 2 is 1.54 bits per heavy atom. The molecule has 0 spiro atoms. The lowest BCUT2D eigenvalue weighted by molar-refractivity contribution is -0.140. The topological polar surface area (TPSA) is 49.9 Å². The summed E-state index contributed by atoms with van der Waals surface area (Å²) in [5.41, 5.74) is 0.287. The lowest BCUT2D eigenvalue weighted by Gasteiger charge is -2.37. The van der Waals surface area contributed by atoms with Gasteiger partial charge in [0.05, 0.1) is 6.61 Å². The van der Waals surface area contributed by atoms with E-state index in [2.05, 4.69) is 6.92 Å². The van der Waals surface area contributed by atoms with Gasteiger partial charge in [0.25, 0.3) is 5.91 Å². The highest BCUT2D eigenvalue weighted by Gasteiger charge is 2.31. The number of nitrogens with zero attached hydrogens (tertiary/aromatic N) is 2. The molecule has 0 aromatic heterocycles. The third-order valence-corrected chi connectivity index (χ3v) is 4.07. The van der Waals surface area contributed by atoms with Gasteiger partial charge in [-0.3, -0.25) is 9.59 Å². The Morgan fingerprint density at radius 1 is 1.00 bits per heavy atom. The van der Waals surface area contributed by atoms with E-state index in [0.717, 1.165) is 12.2 Å². The summed E-state index contributed by atoms with van der Waals surface area (Å²) in [6.07, 6.45) is 0.957. The zero-order valence-electron chi connectivity index (χ0n) is 15.2. The van der Waals surface area contributed by atoms with Gasteiger partial charge in [-0.15, -0.1) is 0 Å². The maximum Gasteiger partial charge on any atom is 0.253 e. The molecule has 0 unspecified atom stereocenters. The minimum absolute atomic E-state index is 0.0138. The van der Waals surface area contributed by atoms with Crippen molar-refractivity contribution in [3.63, 3.8) is 0 Å². The van der Waals surface area contributed by atoms with Crippen LogP contribution >= 0.6 is 0 Å². The second-order valence-corrected chi connectivity index (χ2v) is 7.21. The van der Waals surface area contributed by atoms with Gasteiger partial charge in [-0.25, -0.2) is 0 Å². The van der Waals surface area contributed by atoms with E-state index in [9.17, 15) is 9.59 Å². The summed E-state index contributed by atoms with van der Waals surface area (Å²) in [6, 6.07) is 7.28. The molecule has 0 saturated carbocycles. The van der Waals surface area contributed by atoms with E-state index in [1.165, 1.54) is 0 Å². The average molecular weight is 332 g/mol. The third-order valence-electron chi connectivity index (χ3n) is 4.07. The molecule has 1 saturated heterocycles. The Kier molecular flexibility index (Phi) is 5.86. The fraction of sp³-hybridized carbons (Fsp3) is 0.579. The molecule has 1 aliphatic rings. The number of amides is 2. The van der Waals surface area contributed by atoms with Crippen molar-refractivity contribution < 1.29 is 14.3 Å². The Morgan fingerprint density at radius 3 is 2.04 bits per heavy atom. The number of benzene rings is 1. The van der Waals surface area contributed by atoms with Crippen molar-refractivity contribution in [3.05, 3.63) is 29.8 Å². The number of carbonyl (C=O) groups excluding carboxylic acids is 2. The highest BCUT2D eigenvalue weighted by Crippen LogP contribution is 2.20. The fourth-order valence-corrected chi connectivity index (χ4v) is 2.68. The standard InChI is InChI=1S/C19H28N2O3/c1-5-14-24-16-8-6-15(7-9-16)17(22)20-10-12-21(13-11-20)18(23)19(2,3)4/h6-9H,5,10-14H2,1-4H3. The first-order valence-electron chi connectivity index (χ1n) is 8.64. The summed E-state index contributed by atoms with van der Waals surface area (Å²) in [4.78, 5) is 28.5. The Labute approximate surface area is 144 Å². The Bertz CT molecular complexity index is 567. The summed E-state index contributed by atoms with van der Waals surface area (Å²) >= 11 is 0. The number of hydrogen-bond donors (Lipinski definition) is 0. The van der Waals surface area contributed by atoms with Crippen molar-refractivity contribution in [1.29, 1.82) is 0 Å². The van der Waals surface area contributed by atoms with Crippen LogP contribution in [0.2, 0.25) is 0 Å². The largest absolute Gasteiger partial charge is 0.494 e. The monoisotopic (exact) mass is 332 g/mol. The molecule has 1 aliphatic heterocycles. The van der Waals surface area contributed by atoms with E-state index in [1.807, 2.05) is 42.7 Å². The van der Waals surface area contributed by atoms with E-state index < -0.39 is 0 Å². The van der Waals surface area contributed by atoms with Crippen molar-refractivity contribution in [3.8, 4) is 5.75 Å². The lowest BCUT2D eigenvalue weighted by Crippen LogP contribution is -2.53. The molecular formula is C19H28N2O3. The normalized spacial score (nSPS) is 15.3. The molecule has 0 radical (unpaired) electrons. The minimum Gasteiger partial charge on any atom is -0.494 e. The van der Waals surface area contributed by atoms with Gasteiger partial charge >= 0.3 is 0 Å². The fourth-order valence-electron chi connectivity index (χ4n) is 2.68. The van der Waals surface area contributed by atoms with E-state index >= 15 is 0 Å². The molecule has 2 rings (SSSR count). The highest BCUT2D eigenvalue weighted by molar-refractivity contribution is 5.94. The third kappa shape index (κ3) is 4.49. The average Bonchev–Trinajstić information content (AvgIpc) is 2.58. The van der Waals surface area contributed by atoms with Crippen molar-refractivity contribution in [2.24, 2.45) is 5.41 Å². The quantitative estimate of drug-likeness (QED) is 0.852. The van der Waals surface area contributed by atoms with Crippen LogP contribution in [0.1, 0.15) is 44.5 Å². The van der Waals surface area contributed by atoms with Crippen LogP contribution < -0.4 is 4.74 Å². The first-order valence-corrected chi connectivity index (χ1v) is 8.64. The predicted molar refractivity (Wildman–Crippen MR) is 94.2 cm³/mol. The number of carbonyl (C=O) groups is 2. The van der Waals surface area contributed by atoms with Crippen LogP contribution in [0.4, 0.5) is 0 Å². The number of hydrogen-bond acceptors (Lipinski definition) is 3. The van der Waals surface area contributed by atoms with Crippen molar-refractivity contribution in [2.45, 2.75) is 34.1 Å². The van der Waals surface area contributed by atoms with Crippen LogP contribution in [0.15, 0.2) is 24.3 Å². The molecule has 0 bridgehead atoms. The van der Waals surface area contributed by atoms with Gasteiger partial charge < -0.3 is 14.5 Å². The molecule has 2 amide bonds. The Hall–Kier alpha value is -2.04. The van der Waals surface area contributed by atoms with Gasteiger partial charge in [0.2, 0.25) is 5.91 Å². The maximum absolute atomic E-state index is 12.6. The van der Waals surface area contributed by atoms with Gasteiger partial charge in [0.15, 0.2) is 0 Å². The number of piperazine rings is 1. The number of ether oxygens (including phenoxy) is 1. The summed E-state index contributed by atoms with van der Waals surface area (Å²) in [5, 5.41) is 0. The van der Waals surface area contributed by atoms with E-state index in [-0.39, 0.29) is 17.2 Å². The zero-order valence-corrected chi connectivity index (χ0v) is 15.2. The molecule has 0 N–H and O–H groups in total.